The highest BCUT2D eigenvalue weighted by atomic mass is 35.5. The van der Waals surface area contributed by atoms with Crippen LogP contribution in [0.4, 0.5) is 11.6 Å². The van der Waals surface area contributed by atoms with Crippen molar-refractivity contribution < 1.29 is 4.74 Å². The summed E-state index contributed by atoms with van der Waals surface area (Å²) in [6, 6.07) is 8.48. The van der Waals surface area contributed by atoms with Gasteiger partial charge in [0.25, 0.3) is 0 Å². The molecule has 0 atom stereocenters. The Morgan fingerprint density at radius 3 is 2.80 bits per heavy atom. The number of rotatable bonds is 3. The minimum Gasteiger partial charge on any atom is -0.461 e. The Kier molecular flexibility index (Phi) is 3.44. The van der Waals surface area contributed by atoms with E-state index in [1.165, 1.54) is 5.56 Å². The maximum atomic E-state index is 5.97. The van der Waals surface area contributed by atoms with Crippen molar-refractivity contribution in [2.45, 2.75) is 26.4 Å². The van der Waals surface area contributed by atoms with E-state index in [2.05, 4.69) is 27.1 Å². The van der Waals surface area contributed by atoms with Crippen LogP contribution >= 0.6 is 11.6 Å². The molecule has 5 nitrogen and oxygen atoms in total. The Labute approximate surface area is 122 Å². The fraction of sp³-hybridized carbons (Fsp3) is 0.357. The summed E-state index contributed by atoms with van der Waals surface area (Å²) in [5.41, 5.74) is 2.40. The van der Waals surface area contributed by atoms with Gasteiger partial charge < -0.3 is 9.64 Å². The zero-order valence-electron chi connectivity index (χ0n) is 11.4. The van der Waals surface area contributed by atoms with Gasteiger partial charge in [-0.15, -0.1) is 0 Å². The first-order chi connectivity index (χ1) is 9.63. The number of hydrogen-bond acceptors (Lipinski definition) is 5. The third kappa shape index (κ3) is 2.54. The normalized spacial score (nSPS) is 13.7. The first kappa shape index (κ1) is 13.1. The molecule has 0 unspecified atom stereocenters. The summed E-state index contributed by atoms with van der Waals surface area (Å²) in [5, 5.41) is 0.148. The topological polar surface area (TPSA) is 51.1 Å². The molecule has 0 spiro atoms. The molecule has 104 valence electrons. The van der Waals surface area contributed by atoms with Crippen LogP contribution in [-0.2, 0) is 6.42 Å². The van der Waals surface area contributed by atoms with Crippen molar-refractivity contribution >= 4 is 23.2 Å². The zero-order chi connectivity index (χ0) is 14.1. The first-order valence-electron chi connectivity index (χ1n) is 6.57. The van der Waals surface area contributed by atoms with Crippen molar-refractivity contribution in [2.24, 2.45) is 0 Å². The van der Waals surface area contributed by atoms with Gasteiger partial charge in [0, 0.05) is 12.2 Å². The first-order valence-corrected chi connectivity index (χ1v) is 6.95. The third-order valence-corrected chi connectivity index (χ3v) is 3.21. The molecule has 2 heterocycles. The Hall–Kier alpha value is -1.88. The molecule has 3 rings (SSSR count). The van der Waals surface area contributed by atoms with Gasteiger partial charge in [0.05, 0.1) is 6.10 Å². The van der Waals surface area contributed by atoms with Gasteiger partial charge in [-0.1, -0.05) is 18.2 Å². The summed E-state index contributed by atoms with van der Waals surface area (Å²) in [6.07, 6.45) is 0.965. The molecule has 1 aliphatic rings. The zero-order valence-corrected chi connectivity index (χ0v) is 12.1. The summed E-state index contributed by atoms with van der Waals surface area (Å²) < 4.78 is 5.51. The molecule has 1 aromatic heterocycles. The van der Waals surface area contributed by atoms with E-state index >= 15 is 0 Å². The number of halogens is 1. The highest BCUT2D eigenvalue weighted by Crippen LogP contribution is 2.33. The molecular formula is C14H15ClN4O. The molecule has 0 amide bonds. The van der Waals surface area contributed by atoms with E-state index in [0.717, 1.165) is 18.7 Å². The molecule has 2 aromatic rings. The third-order valence-electron chi connectivity index (χ3n) is 3.05. The number of anilines is 2. The number of aromatic nitrogens is 3. The number of fused-ring (bicyclic) bond motifs is 1. The van der Waals surface area contributed by atoms with Crippen LogP contribution in [-0.4, -0.2) is 27.6 Å². The number of ether oxygens (including phenoxy) is 1. The molecule has 0 fully saturated rings. The summed E-state index contributed by atoms with van der Waals surface area (Å²) >= 11 is 5.97. The van der Waals surface area contributed by atoms with E-state index < -0.39 is 0 Å². The van der Waals surface area contributed by atoms with Crippen LogP contribution in [0, 0.1) is 0 Å². The van der Waals surface area contributed by atoms with Crippen LogP contribution in [0.25, 0.3) is 0 Å². The molecule has 0 saturated carbocycles. The fourth-order valence-electron chi connectivity index (χ4n) is 2.25. The van der Waals surface area contributed by atoms with Crippen molar-refractivity contribution in [2.75, 3.05) is 11.4 Å². The highest BCUT2D eigenvalue weighted by molar-refractivity contribution is 6.28. The van der Waals surface area contributed by atoms with Crippen molar-refractivity contribution in [1.29, 1.82) is 0 Å². The van der Waals surface area contributed by atoms with Gasteiger partial charge in [-0.05, 0) is 43.5 Å². The molecule has 1 aromatic carbocycles. The van der Waals surface area contributed by atoms with Crippen LogP contribution in [0.3, 0.4) is 0 Å². The average Bonchev–Trinajstić information content (AvgIpc) is 2.80. The largest absolute Gasteiger partial charge is 0.461 e. The lowest BCUT2D eigenvalue weighted by molar-refractivity contribution is 0.221. The summed E-state index contributed by atoms with van der Waals surface area (Å²) in [6.45, 7) is 4.67. The monoisotopic (exact) mass is 290 g/mol. The lowest BCUT2D eigenvalue weighted by Crippen LogP contribution is -2.18. The van der Waals surface area contributed by atoms with Crippen LogP contribution < -0.4 is 9.64 Å². The molecule has 0 N–H and O–H groups in total. The second kappa shape index (κ2) is 5.25. The second-order valence-electron chi connectivity index (χ2n) is 4.88. The molecule has 1 aliphatic heterocycles. The standard InChI is InChI=1S/C14H15ClN4O/c1-9(2)20-14-17-12(15)16-13(18-14)19-8-7-10-5-3-4-6-11(10)19/h3-6,9H,7-8H2,1-2H3. The minimum atomic E-state index is -0.00724. The minimum absolute atomic E-state index is 0.00724. The van der Waals surface area contributed by atoms with Crippen molar-refractivity contribution in [1.82, 2.24) is 15.0 Å². The quantitative estimate of drug-likeness (QED) is 0.870. The van der Waals surface area contributed by atoms with Crippen LogP contribution in [0.5, 0.6) is 6.01 Å². The lowest BCUT2D eigenvalue weighted by atomic mass is 10.2. The van der Waals surface area contributed by atoms with E-state index in [0.29, 0.717) is 5.95 Å². The van der Waals surface area contributed by atoms with E-state index in [4.69, 9.17) is 16.3 Å². The van der Waals surface area contributed by atoms with E-state index in [-0.39, 0.29) is 17.4 Å². The summed E-state index contributed by atoms with van der Waals surface area (Å²) in [7, 11) is 0. The number of para-hydroxylation sites is 1. The van der Waals surface area contributed by atoms with Crippen LogP contribution in [0.1, 0.15) is 19.4 Å². The molecule has 0 saturated heterocycles. The van der Waals surface area contributed by atoms with Gasteiger partial charge in [0.1, 0.15) is 0 Å². The number of hydrogen-bond donors (Lipinski definition) is 0. The van der Waals surface area contributed by atoms with Crippen LogP contribution in [0.2, 0.25) is 5.28 Å². The van der Waals surface area contributed by atoms with Gasteiger partial charge in [0.2, 0.25) is 11.2 Å². The van der Waals surface area contributed by atoms with Gasteiger partial charge in [-0.2, -0.15) is 15.0 Å². The summed E-state index contributed by atoms with van der Waals surface area (Å²) in [5.74, 6) is 0.533. The van der Waals surface area contributed by atoms with Gasteiger partial charge in [-0.3, -0.25) is 0 Å². The Balaban J connectivity index is 1.97. The molecule has 6 heteroatoms. The Morgan fingerprint density at radius 2 is 2.00 bits per heavy atom. The smallest absolute Gasteiger partial charge is 0.322 e. The maximum absolute atomic E-state index is 5.97. The predicted octanol–water partition coefficient (Wildman–Crippen LogP) is 3.01. The van der Waals surface area contributed by atoms with Gasteiger partial charge in [-0.25, -0.2) is 0 Å². The average molecular weight is 291 g/mol. The van der Waals surface area contributed by atoms with Crippen molar-refractivity contribution in [3.63, 3.8) is 0 Å². The van der Waals surface area contributed by atoms with Crippen molar-refractivity contribution in [3.8, 4) is 6.01 Å². The summed E-state index contributed by atoms with van der Waals surface area (Å²) in [4.78, 5) is 14.6. The van der Waals surface area contributed by atoms with Gasteiger partial charge >= 0.3 is 6.01 Å². The van der Waals surface area contributed by atoms with Gasteiger partial charge in [0.15, 0.2) is 0 Å². The van der Waals surface area contributed by atoms with E-state index in [1.54, 1.807) is 0 Å². The molecule has 0 bridgehead atoms. The van der Waals surface area contributed by atoms with Crippen LogP contribution in [0.15, 0.2) is 24.3 Å². The Bertz CT molecular complexity index is 632. The fourth-order valence-corrected chi connectivity index (χ4v) is 2.40. The SMILES string of the molecule is CC(C)Oc1nc(Cl)nc(N2CCc3ccccc32)n1. The molecule has 0 radical (unpaired) electrons. The molecule has 20 heavy (non-hydrogen) atoms. The second-order valence-corrected chi connectivity index (χ2v) is 5.22. The van der Waals surface area contributed by atoms with E-state index in [9.17, 15) is 0 Å². The highest BCUT2D eigenvalue weighted by Gasteiger charge is 2.23. The van der Waals surface area contributed by atoms with E-state index in [1.807, 2.05) is 30.9 Å². The maximum Gasteiger partial charge on any atom is 0.322 e. The molecular weight excluding hydrogens is 276 g/mol. The Morgan fingerprint density at radius 1 is 1.20 bits per heavy atom. The number of nitrogens with zero attached hydrogens (tertiary/aromatic N) is 4. The predicted molar refractivity (Wildman–Crippen MR) is 77.8 cm³/mol. The molecule has 0 aliphatic carbocycles. The van der Waals surface area contributed by atoms with Crippen molar-refractivity contribution in [3.05, 3.63) is 35.1 Å². The number of benzene rings is 1. The lowest BCUT2D eigenvalue weighted by Gasteiger charge is -2.18.